The zero-order valence-electron chi connectivity index (χ0n) is 22.9. The topological polar surface area (TPSA) is 89.0 Å². The number of carbonyl (C=O) groups is 1. The Kier molecular flexibility index (Phi) is 8.47. The van der Waals surface area contributed by atoms with E-state index in [9.17, 15) is 13.2 Å². The Labute approximate surface area is 240 Å². The van der Waals surface area contributed by atoms with Crippen LogP contribution in [0, 0.1) is 13.8 Å². The summed E-state index contributed by atoms with van der Waals surface area (Å²) >= 11 is 6.35. The first kappa shape index (κ1) is 28.5. The van der Waals surface area contributed by atoms with E-state index in [0.717, 1.165) is 17.5 Å². The third kappa shape index (κ3) is 6.02. The van der Waals surface area contributed by atoms with Gasteiger partial charge >= 0.3 is 0 Å². The Hall–Kier alpha value is -2.98. The van der Waals surface area contributed by atoms with Gasteiger partial charge in [0.1, 0.15) is 18.0 Å². The minimum absolute atomic E-state index is 0.0534. The molecule has 3 heterocycles. The van der Waals surface area contributed by atoms with Gasteiger partial charge in [-0.25, -0.2) is 8.42 Å². The van der Waals surface area contributed by atoms with Gasteiger partial charge in [-0.3, -0.25) is 9.78 Å². The third-order valence-corrected chi connectivity index (χ3v) is 9.80. The van der Waals surface area contributed by atoms with Crippen LogP contribution in [0.25, 0.3) is 0 Å². The molecule has 0 aliphatic carbocycles. The number of amides is 1. The van der Waals surface area contributed by atoms with Gasteiger partial charge in [0.2, 0.25) is 10.0 Å². The average Bonchev–Trinajstić information content (AvgIpc) is 3.58. The maximum Gasteiger partial charge on any atom is 0.254 e. The second-order valence-corrected chi connectivity index (χ2v) is 12.8. The normalized spacial score (nSPS) is 21.6. The lowest BCUT2D eigenvalue weighted by Gasteiger charge is -2.24. The summed E-state index contributed by atoms with van der Waals surface area (Å²) in [6.45, 7) is 5.10. The smallest absolute Gasteiger partial charge is 0.254 e. The van der Waals surface area contributed by atoms with Crippen LogP contribution in [0.1, 0.15) is 51.6 Å². The molecule has 0 N–H and O–H groups in total. The van der Waals surface area contributed by atoms with Crippen molar-refractivity contribution >= 4 is 27.5 Å². The predicted octanol–water partition coefficient (Wildman–Crippen LogP) is 4.94. The number of aromatic nitrogens is 1. The van der Waals surface area contributed by atoms with Crippen molar-refractivity contribution in [3.8, 4) is 5.75 Å². The number of nitrogens with zero attached hydrogens (tertiary/aromatic N) is 3. The first-order valence-corrected chi connectivity index (χ1v) is 15.4. The molecule has 8 nitrogen and oxygen atoms in total. The van der Waals surface area contributed by atoms with Gasteiger partial charge in [0.15, 0.2) is 0 Å². The van der Waals surface area contributed by atoms with Crippen LogP contribution in [0.15, 0.2) is 60.8 Å². The summed E-state index contributed by atoms with van der Waals surface area (Å²) in [5.41, 5.74) is 3.84. The number of methoxy groups -OCH3 is 1. The molecule has 2 aliphatic rings. The number of hydrogen-bond donors (Lipinski definition) is 0. The van der Waals surface area contributed by atoms with Gasteiger partial charge in [0.25, 0.3) is 5.91 Å². The van der Waals surface area contributed by atoms with Crippen LogP contribution in [0.2, 0.25) is 5.02 Å². The van der Waals surface area contributed by atoms with E-state index in [1.165, 1.54) is 4.31 Å². The van der Waals surface area contributed by atoms with Crippen LogP contribution in [0.5, 0.6) is 5.75 Å². The molecule has 0 spiro atoms. The summed E-state index contributed by atoms with van der Waals surface area (Å²) < 4.78 is 40.5. The highest BCUT2D eigenvalue weighted by Crippen LogP contribution is 2.37. The van der Waals surface area contributed by atoms with E-state index in [4.69, 9.17) is 21.1 Å². The fourth-order valence-corrected chi connectivity index (χ4v) is 7.57. The zero-order valence-corrected chi connectivity index (χ0v) is 24.5. The highest BCUT2D eigenvalue weighted by molar-refractivity contribution is 7.88. The van der Waals surface area contributed by atoms with E-state index < -0.39 is 10.0 Å². The summed E-state index contributed by atoms with van der Waals surface area (Å²) in [6.07, 6.45) is 2.36. The molecule has 3 aromatic rings. The SMILES string of the molecule is COC1CN(C(=O)c2cc(C)ccc2C)CC1Oc1cccc(CS(=O)(=O)N2CCCC2c2ncccc2Cl)c1. The van der Waals surface area contributed by atoms with Crippen molar-refractivity contribution in [2.75, 3.05) is 26.7 Å². The second-order valence-electron chi connectivity index (χ2n) is 10.5. The molecule has 40 heavy (non-hydrogen) atoms. The minimum Gasteiger partial charge on any atom is -0.486 e. The molecule has 1 amide bonds. The van der Waals surface area contributed by atoms with Crippen molar-refractivity contribution in [1.29, 1.82) is 0 Å². The van der Waals surface area contributed by atoms with Crippen LogP contribution < -0.4 is 4.74 Å². The number of rotatable bonds is 8. The molecule has 3 unspecified atom stereocenters. The lowest BCUT2D eigenvalue weighted by Crippen LogP contribution is -2.32. The summed E-state index contributed by atoms with van der Waals surface area (Å²) in [5.74, 6) is 0.315. The Morgan fingerprint density at radius 2 is 1.88 bits per heavy atom. The molecule has 2 aliphatic heterocycles. The lowest BCUT2D eigenvalue weighted by atomic mass is 10.0. The van der Waals surface area contributed by atoms with Crippen LogP contribution in [-0.4, -0.2) is 67.5 Å². The second kappa shape index (κ2) is 11.9. The summed E-state index contributed by atoms with van der Waals surface area (Å²) in [4.78, 5) is 19.4. The van der Waals surface area contributed by atoms with E-state index in [1.807, 2.05) is 32.0 Å². The van der Waals surface area contributed by atoms with Crippen molar-refractivity contribution in [1.82, 2.24) is 14.2 Å². The number of likely N-dealkylation sites (tertiary alicyclic amines) is 1. The van der Waals surface area contributed by atoms with E-state index in [-0.39, 0.29) is 29.9 Å². The maximum atomic E-state index is 13.5. The minimum atomic E-state index is -3.64. The molecule has 0 saturated carbocycles. The van der Waals surface area contributed by atoms with Crippen LogP contribution >= 0.6 is 11.6 Å². The number of pyridine rings is 1. The van der Waals surface area contributed by atoms with Gasteiger partial charge in [-0.15, -0.1) is 0 Å². The molecule has 0 radical (unpaired) electrons. The molecule has 212 valence electrons. The highest BCUT2D eigenvalue weighted by atomic mass is 35.5. The third-order valence-electron chi connectivity index (χ3n) is 7.63. The van der Waals surface area contributed by atoms with Crippen LogP contribution in [0.3, 0.4) is 0 Å². The molecule has 2 saturated heterocycles. The molecule has 2 aromatic carbocycles. The highest BCUT2D eigenvalue weighted by Gasteiger charge is 2.39. The quantitative estimate of drug-likeness (QED) is 0.373. The molecule has 3 atom stereocenters. The fraction of sp³-hybridized carbons (Fsp3) is 0.400. The fourth-order valence-electron chi connectivity index (χ4n) is 5.55. The largest absolute Gasteiger partial charge is 0.486 e. The summed E-state index contributed by atoms with van der Waals surface area (Å²) in [7, 11) is -2.04. The number of sulfonamides is 1. The first-order valence-electron chi connectivity index (χ1n) is 13.4. The maximum absolute atomic E-state index is 13.5. The number of benzene rings is 2. The molecule has 0 bridgehead atoms. The molecule has 1 aromatic heterocycles. The average molecular weight is 584 g/mol. The van der Waals surface area contributed by atoms with Crippen LogP contribution in [0.4, 0.5) is 0 Å². The molecular formula is C30H34ClN3O5S. The van der Waals surface area contributed by atoms with Crippen molar-refractivity contribution < 1.29 is 22.7 Å². The Morgan fingerprint density at radius 1 is 1.07 bits per heavy atom. The Bertz CT molecular complexity index is 1500. The van der Waals surface area contributed by atoms with E-state index in [1.54, 1.807) is 54.6 Å². The number of hydrogen-bond acceptors (Lipinski definition) is 6. The van der Waals surface area contributed by atoms with Crippen molar-refractivity contribution in [2.45, 2.75) is 50.7 Å². The standard InChI is InChI=1S/C30H34ClN3O5S/c1-20-11-12-21(2)24(15-20)30(35)33-17-27(38-3)28(18-33)39-23-8-4-7-22(16-23)19-40(36,37)34-14-6-10-26(34)29-25(31)9-5-13-32-29/h4-5,7-9,11-13,15-16,26-28H,6,10,14,17-19H2,1-3H3. The van der Waals surface area contributed by atoms with E-state index in [0.29, 0.717) is 53.6 Å². The van der Waals surface area contributed by atoms with E-state index in [2.05, 4.69) is 4.98 Å². The van der Waals surface area contributed by atoms with Crippen molar-refractivity contribution in [3.05, 3.63) is 93.8 Å². The molecule has 5 rings (SSSR count). The molecule has 2 fully saturated rings. The molecular weight excluding hydrogens is 550 g/mol. The van der Waals surface area contributed by atoms with Gasteiger partial charge in [-0.05, 0) is 68.1 Å². The van der Waals surface area contributed by atoms with Gasteiger partial charge in [0, 0.05) is 25.4 Å². The number of aryl methyl sites for hydroxylation is 2. The number of carbonyl (C=O) groups excluding carboxylic acids is 1. The number of halogens is 1. The van der Waals surface area contributed by atoms with Gasteiger partial charge in [0.05, 0.1) is 35.6 Å². The van der Waals surface area contributed by atoms with Crippen molar-refractivity contribution in [2.24, 2.45) is 0 Å². The van der Waals surface area contributed by atoms with Gasteiger partial charge in [-0.2, -0.15) is 4.31 Å². The van der Waals surface area contributed by atoms with E-state index >= 15 is 0 Å². The Morgan fingerprint density at radius 3 is 2.65 bits per heavy atom. The van der Waals surface area contributed by atoms with Crippen LogP contribution in [-0.2, 0) is 20.5 Å². The van der Waals surface area contributed by atoms with Crippen molar-refractivity contribution in [3.63, 3.8) is 0 Å². The predicted molar refractivity (Wildman–Crippen MR) is 154 cm³/mol. The Balaban J connectivity index is 1.29. The summed E-state index contributed by atoms with van der Waals surface area (Å²) in [5, 5.41) is 0.472. The first-order chi connectivity index (χ1) is 19.2. The van der Waals surface area contributed by atoms with Gasteiger partial charge in [-0.1, -0.05) is 41.4 Å². The monoisotopic (exact) mass is 583 g/mol. The zero-order chi connectivity index (χ0) is 28.4. The number of ether oxygens (including phenoxy) is 2. The summed E-state index contributed by atoms with van der Waals surface area (Å²) in [6, 6.07) is 16.1. The molecule has 10 heteroatoms. The lowest BCUT2D eigenvalue weighted by molar-refractivity contribution is 0.0339. The van der Waals surface area contributed by atoms with Gasteiger partial charge < -0.3 is 14.4 Å².